The first-order valence-electron chi connectivity index (χ1n) is 10.4. The topological polar surface area (TPSA) is 77.4 Å². The number of rotatable bonds is 10. The molecule has 0 saturated carbocycles. The number of oxime groups is 1. The van der Waals surface area contributed by atoms with Crippen LogP contribution in [0.4, 0.5) is 0 Å². The van der Waals surface area contributed by atoms with Gasteiger partial charge in [-0.2, -0.15) is 0 Å². The van der Waals surface area contributed by atoms with E-state index in [4.69, 9.17) is 14.3 Å². The summed E-state index contributed by atoms with van der Waals surface area (Å²) in [7, 11) is 1.62. The normalized spacial score (nSPS) is 15.0. The molecule has 1 heterocycles. The number of nitrogens with zero attached hydrogens (tertiary/aromatic N) is 2. The molecule has 0 aromatic heterocycles. The highest BCUT2D eigenvalue weighted by Gasteiger charge is 2.28. The Hall–Kier alpha value is -3.35. The van der Waals surface area contributed by atoms with E-state index < -0.39 is 0 Å². The van der Waals surface area contributed by atoms with Gasteiger partial charge in [0, 0.05) is 24.9 Å². The number of ether oxygens (including phenoxy) is 2. The molecule has 1 unspecified atom stereocenters. The van der Waals surface area contributed by atoms with Gasteiger partial charge in [0.15, 0.2) is 6.10 Å². The largest absolute Gasteiger partial charge is 0.496 e. The highest BCUT2D eigenvalue weighted by molar-refractivity contribution is 6.03. The molecule has 1 amide bonds. The van der Waals surface area contributed by atoms with Crippen molar-refractivity contribution < 1.29 is 23.9 Å². The molecule has 7 heteroatoms. The van der Waals surface area contributed by atoms with Gasteiger partial charge in [0.25, 0.3) is 0 Å². The maximum absolute atomic E-state index is 12.9. The van der Waals surface area contributed by atoms with Crippen molar-refractivity contribution in [3.63, 3.8) is 0 Å². The SMILES string of the molecule is CCOC(=O)CCC(=O)N(Cc1ccccc1)CC1CC(c2ccccc2OC)=NO1. The smallest absolute Gasteiger partial charge is 0.306 e. The van der Waals surface area contributed by atoms with Crippen LogP contribution in [0.25, 0.3) is 0 Å². The summed E-state index contributed by atoms with van der Waals surface area (Å²) in [4.78, 5) is 32.0. The van der Waals surface area contributed by atoms with Gasteiger partial charge in [0.2, 0.25) is 5.91 Å². The molecule has 0 spiro atoms. The first-order chi connectivity index (χ1) is 15.1. The van der Waals surface area contributed by atoms with Crippen LogP contribution in [-0.2, 0) is 25.7 Å². The van der Waals surface area contributed by atoms with Crippen molar-refractivity contribution in [2.24, 2.45) is 5.16 Å². The molecule has 31 heavy (non-hydrogen) atoms. The minimum absolute atomic E-state index is 0.0620. The van der Waals surface area contributed by atoms with Crippen molar-refractivity contribution in [1.82, 2.24) is 4.90 Å². The average Bonchev–Trinajstić information content (AvgIpc) is 3.26. The molecule has 3 rings (SSSR count). The Labute approximate surface area is 182 Å². The summed E-state index contributed by atoms with van der Waals surface area (Å²) in [6.07, 6.45) is 0.456. The molecule has 1 atom stereocenters. The van der Waals surface area contributed by atoms with Crippen LogP contribution in [-0.4, -0.2) is 48.9 Å². The number of hydrogen-bond acceptors (Lipinski definition) is 6. The van der Waals surface area contributed by atoms with E-state index in [9.17, 15) is 9.59 Å². The van der Waals surface area contributed by atoms with Gasteiger partial charge in [-0.1, -0.05) is 47.6 Å². The van der Waals surface area contributed by atoms with Gasteiger partial charge in [-0.25, -0.2) is 0 Å². The number of amides is 1. The van der Waals surface area contributed by atoms with Gasteiger partial charge in [-0.15, -0.1) is 0 Å². The zero-order valence-corrected chi connectivity index (χ0v) is 18.0. The standard InChI is InChI=1S/C24H28N2O5/c1-3-30-24(28)14-13-23(27)26(16-18-9-5-4-6-10-18)17-19-15-21(25-31-19)20-11-7-8-12-22(20)29-2/h4-12,19H,3,13-17H2,1-2H3. The number of benzene rings is 2. The highest BCUT2D eigenvalue weighted by atomic mass is 16.6. The van der Waals surface area contributed by atoms with Gasteiger partial charge in [0.1, 0.15) is 5.75 Å². The summed E-state index contributed by atoms with van der Waals surface area (Å²) >= 11 is 0. The van der Waals surface area contributed by atoms with E-state index in [1.165, 1.54) is 0 Å². The highest BCUT2D eigenvalue weighted by Crippen LogP contribution is 2.25. The fourth-order valence-corrected chi connectivity index (χ4v) is 3.47. The summed E-state index contributed by atoms with van der Waals surface area (Å²) in [6, 6.07) is 17.4. The van der Waals surface area contributed by atoms with Crippen molar-refractivity contribution in [2.75, 3.05) is 20.3 Å². The van der Waals surface area contributed by atoms with E-state index in [0.717, 1.165) is 22.6 Å². The zero-order chi connectivity index (χ0) is 22.1. The Morgan fingerprint density at radius 3 is 2.58 bits per heavy atom. The third-order valence-corrected chi connectivity index (χ3v) is 4.99. The van der Waals surface area contributed by atoms with Crippen molar-refractivity contribution in [3.05, 3.63) is 65.7 Å². The molecule has 7 nitrogen and oxygen atoms in total. The Kier molecular flexibility index (Phi) is 8.04. The van der Waals surface area contributed by atoms with E-state index in [-0.39, 0.29) is 30.8 Å². The molecule has 1 aliphatic rings. The number of hydrogen-bond donors (Lipinski definition) is 0. The third-order valence-electron chi connectivity index (χ3n) is 4.99. The lowest BCUT2D eigenvalue weighted by Gasteiger charge is -2.25. The van der Waals surface area contributed by atoms with Crippen LogP contribution in [0.2, 0.25) is 0 Å². The van der Waals surface area contributed by atoms with Crippen molar-refractivity contribution in [2.45, 2.75) is 38.8 Å². The van der Waals surface area contributed by atoms with Gasteiger partial charge >= 0.3 is 5.97 Å². The number of esters is 1. The maximum atomic E-state index is 12.9. The number of carbonyl (C=O) groups excluding carboxylic acids is 2. The lowest BCUT2D eigenvalue weighted by Crippen LogP contribution is -2.37. The van der Waals surface area contributed by atoms with Gasteiger partial charge in [0.05, 0.1) is 32.4 Å². The van der Waals surface area contributed by atoms with Crippen LogP contribution in [0.15, 0.2) is 59.8 Å². The third kappa shape index (κ3) is 6.31. The summed E-state index contributed by atoms with van der Waals surface area (Å²) in [5, 5.41) is 4.24. The number of carbonyl (C=O) groups is 2. The maximum Gasteiger partial charge on any atom is 0.306 e. The minimum Gasteiger partial charge on any atom is -0.496 e. The summed E-state index contributed by atoms with van der Waals surface area (Å²) < 4.78 is 10.4. The second-order valence-electron chi connectivity index (χ2n) is 7.23. The first-order valence-corrected chi connectivity index (χ1v) is 10.4. The van der Waals surface area contributed by atoms with Crippen LogP contribution in [0.1, 0.15) is 37.3 Å². The van der Waals surface area contributed by atoms with E-state index in [0.29, 0.717) is 26.1 Å². The summed E-state index contributed by atoms with van der Waals surface area (Å²) in [5.41, 5.74) is 2.69. The van der Waals surface area contributed by atoms with E-state index in [1.807, 2.05) is 54.6 Å². The fraction of sp³-hybridized carbons (Fsp3) is 0.375. The molecule has 0 radical (unpaired) electrons. The van der Waals surface area contributed by atoms with E-state index >= 15 is 0 Å². The number of methoxy groups -OCH3 is 1. The molecule has 2 aromatic rings. The van der Waals surface area contributed by atoms with Gasteiger partial charge in [-0.05, 0) is 24.6 Å². The second-order valence-corrected chi connectivity index (χ2v) is 7.23. The summed E-state index contributed by atoms with van der Waals surface area (Å²) in [6.45, 7) is 2.86. The second kappa shape index (κ2) is 11.2. The van der Waals surface area contributed by atoms with Crippen molar-refractivity contribution in [1.29, 1.82) is 0 Å². The first kappa shape index (κ1) is 22.3. The molecular weight excluding hydrogens is 396 g/mol. The lowest BCUT2D eigenvalue weighted by molar-refractivity contribution is -0.146. The van der Waals surface area contributed by atoms with Crippen LogP contribution >= 0.6 is 0 Å². The van der Waals surface area contributed by atoms with Gasteiger partial charge in [-0.3, -0.25) is 9.59 Å². The number of para-hydroxylation sites is 1. The lowest BCUT2D eigenvalue weighted by atomic mass is 10.0. The Bertz CT molecular complexity index is 913. The Morgan fingerprint density at radius 1 is 1.10 bits per heavy atom. The van der Waals surface area contributed by atoms with Crippen LogP contribution in [0.5, 0.6) is 5.75 Å². The quantitative estimate of drug-likeness (QED) is 0.545. The molecule has 0 aliphatic carbocycles. The predicted molar refractivity (Wildman–Crippen MR) is 117 cm³/mol. The summed E-state index contributed by atoms with van der Waals surface area (Å²) in [5.74, 6) is 0.248. The van der Waals surface area contributed by atoms with Crippen LogP contribution in [0.3, 0.4) is 0 Å². The molecule has 1 aliphatic heterocycles. The van der Waals surface area contributed by atoms with Crippen molar-refractivity contribution >= 4 is 17.6 Å². The Balaban J connectivity index is 1.65. The fourth-order valence-electron chi connectivity index (χ4n) is 3.47. The Morgan fingerprint density at radius 2 is 1.84 bits per heavy atom. The van der Waals surface area contributed by atoms with E-state index in [2.05, 4.69) is 5.16 Å². The molecule has 0 N–H and O–H groups in total. The predicted octanol–water partition coefficient (Wildman–Crippen LogP) is 3.56. The molecular formula is C24H28N2O5. The molecule has 0 saturated heterocycles. The minimum atomic E-state index is -0.366. The van der Waals surface area contributed by atoms with Crippen LogP contribution < -0.4 is 4.74 Å². The van der Waals surface area contributed by atoms with Gasteiger partial charge < -0.3 is 19.2 Å². The molecule has 0 bridgehead atoms. The molecule has 164 valence electrons. The van der Waals surface area contributed by atoms with E-state index in [1.54, 1.807) is 18.9 Å². The monoisotopic (exact) mass is 424 g/mol. The average molecular weight is 424 g/mol. The van der Waals surface area contributed by atoms with Crippen molar-refractivity contribution in [3.8, 4) is 5.75 Å². The molecule has 0 fully saturated rings. The zero-order valence-electron chi connectivity index (χ0n) is 18.0. The van der Waals surface area contributed by atoms with Crippen LogP contribution in [0, 0.1) is 0 Å². The molecule has 2 aromatic carbocycles.